The van der Waals surface area contributed by atoms with Gasteiger partial charge in [-0.1, -0.05) is 42.1 Å². The highest BCUT2D eigenvalue weighted by atomic mass is 32.2. The number of oxazole rings is 1. The number of hydrogen-bond acceptors (Lipinski definition) is 5. The van der Waals surface area contributed by atoms with E-state index in [4.69, 9.17) is 14.4 Å². The van der Waals surface area contributed by atoms with E-state index in [1.807, 2.05) is 55.6 Å². The summed E-state index contributed by atoms with van der Waals surface area (Å²) in [5.74, 6) is 1.75. The standard InChI is InChI=1S/C24H19FN4OS/c1-16-21(27-23(30-16)18-7-3-2-4-8-18)14-29-22-13-26-11-10-20(22)28-24(29)31-15-17-6-5-9-19(25)12-17/h2-13H,14-15H2,1H3. The molecule has 2 aromatic carbocycles. The molecule has 0 radical (unpaired) electrons. The fraction of sp³-hybridized carbons (Fsp3) is 0.125. The van der Waals surface area contributed by atoms with Crippen molar-refractivity contribution in [2.45, 2.75) is 24.4 Å². The van der Waals surface area contributed by atoms with E-state index >= 15 is 0 Å². The first-order valence-electron chi connectivity index (χ1n) is 9.86. The average Bonchev–Trinajstić information content (AvgIpc) is 3.34. The Hall–Kier alpha value is -3.45. The Balaban J connectivity index is 1.48. The fourth-order valence-corrected chi connectivity index (χ4v) is 4.37. The van der Waals surface area contributed by atoms with Gasteiger partial charge in [0, 0.05) is 17.5 Å². The molecule has 3 aromatic heterocycles. The molecule has 0 spiro atoms. The van der Waals surface area contributed by atoms with Crippen molar-refractivity contribution in [1.29, 1.82) is 0 Å². The van der Waals surface area contributed by atoms with Gasteiger partial charge in [0.25, 0.3) is 0 Å². The maximum atomic E-state index is 13.6. The highest BCUT2D eigenvalue weighted by Gasteiger charge is 2.17. The summed E-state index contributed by atoms with van der Waals surface area (Å²) in [5, 5.41) is 0.830. The molecular weight excluding hydrogens is 411 g/mol. The van der Waals surface area contributed by atoms with Gasteiger partial charge in [-0.05, 0) is 42.8 Å². The topological polar surface area (TPSA) is 56.7 Å². The molecule has 3 heterocycles. The van der Waals surface area contributed by atoms with Crippen LogP contribution in [0.5, 0.6) is 0 Å². The summed E-state index contributed by atoms with van der Waals surface area (Å²) in [6.45, 7) is 2.43. The Labute approximate surface area is 183 Å². The molecule has 31 heavy (non-hydrogen) atoms. The molecule has 154 valence electrons. The largest absolute Gasteiger partial charge is 0.441 e. The number of thioether (sulfide) groups is 1. The molecule has 0 N–H and O–H groups in total. The molecular formula is C24H19FN4OS. The van der Waals surface area contributed by atoms with Crippen LogP contribution in [0, 0.1) is 12.7 Å². The lowest BCUT2D eigenvalue weighted by molar-refractivity contribution is 0.537. The number of fused-ring (bicyclic) bond motifs is 1. The second-order valence-corrected chi connectivity index (χ2v) is 8.09. The van der Waals surface area contributed by atoms with Crippen LogP contribution in [0.15, 0.2) is 82.6 Å². The van der Waals surface area contributed by atoms with Crippen LogP contribution >= 0.6 is 11.8 Å². The Morgan fingerprint density at radius 2 is 1.90 bits per heavy atom. The van der Waals surface area contributed by atoms with E-state index < -0.39 is 0 Å². The number of aryl methyl sites for hydroxylation is 1. The molecule has 0 aliphatic heterocycles. The predicted molar refractivity (Wildman–Crippen MR) is 119 cm³/mol. The van der Waals surface area contributed by atoms with Gasteiger partial charge in [-0.2, -0.15) is 0 Å². The van der Waals surface area contributed by atoms with Crippen LogP contribution in [0.1, 0.15) is 17.0 Å². The molecule has 0 unspecified atom stereocenters. The van der Waals surface area contributed by atoms with Gasteiger partial charge in [0.2, 0.25) is 5.89 Å². The zero-order valence-electron chi connectivity index (χ0n) is 16.8. The monoisotopic (exact) mass is 430 g/mol. The van der Waals surface area contributed by atoms with Crippen molar-refractivity contribution in [1.82, 2.24) is 19.5 Å². The Kier molecular flexibility index (Phi) is 5.26. The van der Waals surface area contributed by atoms with Gasteiger partial charge in [0.15, 0.2) is 5.16 Å². The average molecular weight is 431 g/mol. The van der Waals surface area contributed by atoms with E-state index in [-0.39, 0.29) is 5.82 Å². The Bertz CT molecular complexity index is 1350. The van der Waals surface area contributed by atoms with Crippen LogP contribution in [0.2, 0.25) is 0 Å². The van der Waals surface area contributed by atoms with Crippen LogP contribution in [0.3, 0.4) is 0 Å². The van der Waals surface area contributed by atoms with Gasteiger partial charge in [0.05, 0.1) is 23.8 Å². The number of imidazole rings is 1. The Morgan fingerprint density at radius 1 is 1.03 bits per heavy atom. The molecule has 5 rings (SSSR count). The summed E-state index contributed by atoms with van der Waals surface area (Å²) in [4.78, 5) is 13.8. The smallest absolute Gasteiger partial charge is 0.226 e. The molecule has 5 nitrogen and oxygen atoms in total. The van der Waals surface area contributed by atoms with Gasteiger partial charge in [-0.25, -0.2) is 14.4 Å². The molecule has 0 fully saturated rings. The van der Waals surface area contributed by atoms with Crippen molar-refractivity contribution in [2.24, 2.45) is 0 Å². The van der Waals surface area contributed by atoms with E-state index in [9.17, 15) is 4.39 Å². The van der Waals surface area contributed by atoms with E-state index in [1.165, 1.54) is 6.07 Å². The lowest BCUT2D eigenvalue weighted by atomic mass is 10.2. The third-order valence-electron chi connectivity index (χ3n) is 4.99. The first kappa shape index (κ1) is 19.5. The van der Waals surface area contributed by atoms with Gasteiger partial charge in [0.1, 0.15) is 17.3 Å². The molecule has 0 atom stereocenters. The van der Waals surface area contributed by atoms with Crippen molar-refractivity contribution in [3.05, 3.63) is 95.9 Å². The van der Waals surface area contributed by atoms with Crippen LogP contribution in [0.4, 0.5) is 4.39 Å². The van der Waals surface area contributed by atoms with Gasteiger partial charge in [-0.15, -0.1) is 0 Å². The summed E-state index contributed by atoms with van der Waals surface area (Å²) in [5.41, 5.74) is 4.48. The molecule has 0 saturated heterocycles. The summed E-state index contributed by atoms with van der Waals surface area (Å²) >= 11 is 1.56. The fourth-order valence-electron chi connectivity index (χ4n) is 3.41. The summed E-state index contributed by atoms with van der Waals surface area (Å²) in [6, 6.07) is 18.4. The minimum absolute atomic E-state index is 0.234. The molecule has 0 saturated carbocycles. The lowest BCUT2D eigenvalue weighted by Gasteiger charge is -2.08. The van der Waals surface area contributed by atoms with Crippen molar-refractivity contribution < 1.29 is 8.81 Å². The Morgan fingerprint density at radius 3 is 2.74 bits per heavy atom. The number of nitrogens with zero attached hydrogens (tertiary/aromatic N) is 4. The van der Waals surface area contributed by atoms with E-state index in [1.54, 1.807) is 30.1 Å². The summed E-state index contributed by atoms with van der Waals surface area (Å²) in [6.07, 6.45) is 3.54. The first-order chi connectivity index (χ1) is 15.2. The highest BCUT2D eigenvalue weighted by Crippen LogP contribution is 2.29. The molecule has 5 aromatic rings. The zero-order chi connectivity index (χ0) is 21.2. The minimum atomic E-state index is -0.234. The number of aromatic nitrogens is 4. The number of hydrogen-bond donors (Lipinski definition) is 0. The molecule has 0 amide bonds. The van der Waals surface area contributed by atoms with Crippen molar-refractivity contribution >= 4 is 22.8 Å². The van der Waals surface area contributed by atoms with E-state index in [2.05, 4.69) is 9.55 Å². The highest BCUT2D eigenvalue weighted by molar-refractivity contribution is 7.98. The van der Waals surface area contributed by atoms with E-state index in [0.29, 0.717) is 18.2 Å². The summed E-state index contributed by atoms with van der Waals surface area (Å²) in [7, 11) is 0. The number of pyridine rings is 1. The zero-order valence-corrected chi connectivity index (χ0v) is 17.6. The van der Waals surface area contributed by atoms with E-state index in [0.717, 1.165) is 38.8 Å². The SMILES string of the molecule is Cc1oc(-c2ccccc2)nc1Cn1c(SCc2cccc(F)c2)nc2ccncc21. The van der Waals surface area contributed by atoms with Crippen molar-refractivity contribution in [3.8, 4) is 11.5 Å². The quantitative estimate of drug-likeness (QED) is 0.315. The second kappa shape index (κ2) is 8.35. The molecule has 0 aliphatic rings. The van der Waals surface area contributed by atoms with Crippen LogP contribution < -0.4 is 0 Å². The molecule has 7 heteroatoms. The third-order valence-corrected chi connectivity index (χ3v) is 6.04. The van der Waals surface area contributed by atoms with Crippen LogP contribution in [-0.4, -0.2) is 19.5 Å². The molecule has 0 aliphatic carbocycles. The number of halogens is 1. The first-order valence-corrected chi connectivity index (χ1v) is 10.8. The number of rotatable bonds is 6. The maximum absolute atomic E-state index is 13.6. The second-order valence-electron chi connectivity index (χ2n) is 7.15. The van der Waals surface area contributed by atoms with Gasteiger partial charge < -0.3 is 8.98 Å². The van der Waals surface area contributed by atoms with Gasteiger partial charge >= 0.3 is 0 Å². The predicted octanol–water partition coefficient (Wildman–Crippen LogP) is 5.87. The van der Waals surface area contributed by atoms with Crippen molar-refractivity contribution in [3.63, 3.8) is 0 Å². The van der Waals surface area contributed by atoms with Crippen LogP contribution in [0.25, 0.3) is 22.5 Å². The van der Waals surface area contributed by atoms with Crippen molar-refractivity contribution in [2.75, 3.05) is 0 Å². The van der Waals surface area contributed by atoms with Crippen LogP contribution in [-0.2, 0) is 12.3 Å². The normalized spacial score (nSPS) is 11.3. The maximum Gasteiger partial charge on any atom is 0.226 e. The van der Waals surface area contributed by atoms with Gasteiger partial charge in [-0.3, -0.25) is 4.98 Å². The third kappa shape index (κ3) is 4.09. The summed E-state index contributed by atoms with van der Waals surface area (Å²) < 4.78 is 21.6. The molecule has 0 bridgehead atoms. The lowest BCUT2D eigenvalue weighted by Crippen LogP contribution is -2.03. The minimum Gasteiger partial charge on any atom is -0.441 e. The number of benzene rings is 2.